The Hall–Kier alpha value is -2.11. The van der Waals surface area contributed by atoms with E-state index in [1.54, 1.807) is 0 Å². The molecule has 3 heterocycles. The number of carbonyl (C=O) groups excluding carboxylic acids is 1. The summed E-state index contributed by atoms with van der Waals surface area (Å²) in [4.78, 5) is 19.0. The second kappa shape index (κ2) is 6.79. The molecule has 0 aromatic carbocycles. The van der Waals surface area contributed by atoms with Crippen LogP contribution < -0.4 is 0 Å². The van der Waals surface area contributed by atoms with Crippen LogP contribution in [-0.4, -0.2) is 36.7 Å². The quantitative estimate of drug-likeness (QED) is 0.847. The van der Waals surface area contributed by atoms with Crippen LogP contribution in [0.15, 0.2) is 12.4 Å². The fourth-order valence-corrected chi connectivity index (χ4v) is 3.82. The van der Waals surface area contributed by atoms with E-state index in [0.29, 0.717) is 6.42 Å². The van der Waals surface area contributed by atoms with Crippen molar-refractivity contribution >= 4 is 5.91 Å². The molecule has 0 bridgehead atoms. The van der Waals surface area contributed by atoms with E-state index in [4.69, 9.17) is 0 Å². The Morgan fingerprint density at radius 2 is 2.12 bits per heavy atom. The number of likely N-dealkylation sites (tertiary alicyclic amines) is 1. The number of nitrogens with zero attached hydrogens (tertiary/aromatic N) is 5. The van der Waals surface area contributed by atoms with Crippen molar-refractivity contribution in [2.75, 3.05) is 6.54 Å². The molecule has 1 saturated heterocycles. The van der Waals surface area contributed by atoms with Crippen molar-refractivity contribution in [3.8, 4) is 0 Å². The minimum atomic E-state index is 0.196. The number of hydrogen-bond acceptors (Lipinski definition) is 3. The topological polar surface area (TPSA) is 56.0 Å². The smallest absolute Gasteiger partial charge is 0.223 e. The number of aromatic nitrogens is 4. The highest BCUT2D eigenvalue weighted by atomic mass is 16.2. The molecule has 24 heavy (non-hydrogen) atoms. The predicted molar refractivity (Wildman–Crippen MR) is 92.6 cm³/mol. The van der Waals surface area contributed by atoms with Gasteiger partial charge >= 0.3 is 0 Å². The Balaban J connectivity index is 1.64. The van der Waals surface area contributed by atoms with Gasteiger partial charge in [-0.3, -0.25) is 9.48 Å². The van der Waals surface area contributed by atoms with E-state index in [9.17, 15) is 4.79 Å². The summed E-state index contributed by atoms with van der Waals surface area (Å²) in [7, 11) is 1.97. The minimum Gasteiger partial charge on any atom is -0.336 e. The van der Waals surface area contributed by atoms with Crippen molar-refractivity contribution in [1.82, 2.24) is 24.2 Å². The van der Waals surface area contributed by atoms with Gasteiger partial charge in [0.1, 0.15) is 5.82 Å². The van der Waals surface area contributed by atoms with Crippen molar-refractivity contribution in [1.29, 1.82) is 0 Å². The molecule has 130 valence electrons. The largest absolute Gasteiger partial charge is 0.336 e. The van der Waals surface area contributed by atoms with Gasteiger partial charge in [0.05, 0.1) is 11.7 Å². The standard InChI is InChI=1S/C18H27N5O/c1-13-18(14(2)21(4)20-13)16-7-5-11-23(16)17(24)8-6-10-22-12-9-19-15(22)3/h9,12,16H,5-8,10-11H2,1-4H3/t16-/m1/s1. The molecule has 1 amide bonds. The highest BCUT2D eigenvalue weighted by Gasteiger charge is 2.33. The fourth-order valence-electron chi connectivity index (χ4n) is 3.82. The van der Waals surface area contributed by atoms with E-state index < -0.39 is 0 Å². The van der Waals surface area contributed by atoms with Gasteiger partial charge in [0, 0.05) is 50.2 Å². The maximum Gasteiger partial charge on any atom is 0.223 e. The van der Waals surface area contributed by atoms with Crippen LogP contribution in [0, 0.1) is 20.8 Å². The number of amides is 1. The van der Waals surface area contributed by atoms with E-state index in [0.717, 1.165) is 43.9 Å². The maximum atomic E-state index is 12.7. The van der Waals surface area contributed by atoms with Crippen LogP contribution in [0.25, 0.3) is 0 Å². The van der Waals surface area contributed by atoms with E-state index in [1.807, 2.05) is 38.0 Å². The molecule has 0 radical (unpaired) electrons. The van der Waals surface area contributed by atoms with E-state index in [2.05, 4.69) is 26.5 Å². The molecule has 0 saturated carbocycles. The predicted octanol–water partition coefficient (Wildman–Crippen LogP) is 2.69. The summed E-state index contributed by atoms with van der Waals surface area (Å²) in [6, 6.07) is 0.196. The molecular formula is C18H27N5O. The van der Waals surface area contributed by atoms with Gasteiger partial charge in [0.2, 0.25) is 5.91 Å². The summed E-state index contributed by atoms with van der Waals surface area (Å²) < 4.78 is 4.03. The summed E-state index contributed by atoms with van der Waals surface area (Å²) in [5, 5.41) is 4.52. The average molecular weight is 329 g/mol. The van der Waals surface area contributed by atoms with Crippen molar-refractivity contribution in [2.24, 2.45) is 7.05 Å². The molecule has 2 aromatic rings. The monoisotopic (exact) mass is 329 g/mol. The molecule has 3 rings (SSSR count). The van der Waals surface area contributed by atoms with Gasteiger partial charge in [-0.05, 0) is 40.0 Å². The third-order valence-corrected chi connectivity index (χ3v) is 5.18. The van der Waals surface area contributed by atoms with Crippen molar-refractivity contribution in [3.05, 3.63) is 35.2 Å². The first-order valence-electron chi connectivity index (χ1n) is 8.76. The zero-order valence-electron chi connectivity index (χ0n) is 15.1. The third kappa shape index (κ3) is 3.09. The lowest BCUT2D eigenvalue weighted by molar-refractivity contribution is -0.132. The fraction of sp³-hybridized carbons (Fsp3) is 0.611. The number of aryl methyl sites for hydroxylation is 4. The van der Waals surface area contributed by atoms with Crippen LogP contribution in [0.3, 0.4) is 0 Å². The number of rotatable bonds is 5. The Morgan fingerprint density at radius 1 is 1.33 bits per heavy atom. The zero-order valence-corrected chi connectivity index (χ0v) is 15.1. The first kappa shape index (κ1) is 16.7. The Morgan fingerprint density at radius 3 is 2.75 bits per heavy atom. The molecule has 2 aromatic heterocycles. The lowest BCUT2D eigenvalue weighted by Gasteiger charge is -2.25. The molecule has 6 heteroatoms. The second-order valence-electron chi connectivity index (χ2n) is 6.72. The Bertz CT molecular complexity index is 730. The normalized spacial score (nSPS) is 17.7. The van der Waals surface area contributed by atoms with E-state index in [-0.39, 0.29) is 11.9 Å². The van der Waals surface area contributed by atoms with Gasteiger partial charge in [0.15, 0.2) is 0 Å². The lowest BCUT2D eigenvalue weighted by atomic mass is 10.0. The maximum absolute atomic E-state index is 12.7. The molecule has 0 N–H and O–H groups in total. The molecule has 6 nitrogen and oxygen atoms in total. The van der Waals surface area contributed by atoms with Gasteiger partial charge in [-0.15, -0.1) is 0 Å². The van der Waals surface area contributed by atoms with Crippen LogP contribution in [0.4, 0.5) is 0 Å². The number of imidazole rings is 1. The van der Waals surface area contributed by atoms with Gasteiger partial charge in [-0.2, -0.15) is 5.10 Å². The summed E-state index contributed by atoms with van der Waals surface area (Å²) in [6.07, 6.45) is 7.34. The third-order valence-electron chi connectivity index (χ3n) is 5.18. The van der Waals surface area contributed by atoms with Gasteiger partial charge < -0.3 is 9.47 Å². The summed E-state index contributed by atoms with van der Waals surface area (Å²) >= 11 is 0. The van der Waals surface area contributed by atoms with Crippen molar-refractivity contribution < 1.29 is 4.79 Å². The number of carbonyl (C=O) groups is 1. The molecule has 0 aliphatic carbocycles. The number of hydrogen-bond donors (Lipinski definition) is 0. The SMILES string of the molecule is Cc1nn(C)c(C)c1[C@H]1CCCN1C(=O)CCCn1ccnc1C. The minimum absolute atomic E-state index is 0.196. The van der Waals surface area contributed by atoms with Crippen molar-refractivity contribution in [3.63, 3.8) is 0 Å². The highest BCUT2D eigenvalue weighted by Crippen LogP contribution is 2.35. The van der Waals surface area contributed by atoms with E-state index >= 15 is 0 Å². The molecular weight excluding hydrogens is 302 g/mol. The Labute approximate surface area is 143 Å². The lowest BCUT2D eigenvalue weighted by Crippen LogP contribution is -2.31. The van der Waals surface area contributed by atoms with Crippen LogP contribution in [0.1, 0.15) is 54.5 Å². The van der Waals surface area contributed by atoms with Crippen LogP contribution in [0.2, 0.25) is 0 Å². The van der Waals surface area contributed by atoms with Gasteiger partial charge in [-0.25, -0.2) is 4.98 Å². The summed E-state index contributed by atoms with van der Waals surface area (Å²) in [6.45, 7) is 7.85. The first-order chi connectivity index (χ1) is 11.5. The zero-order chi connectivity index (χ0) is 17.3. The average Bonchev–Trinajstić information content (AvgIpc) is 3.22. The van der Waals surface area contributed by atoms with Crippen molar-refractivity contribution in [2.45, 2.75) is 59.0 Å². The summed E-state index contributed by atoms with van der Waals surface area (Å²) in [5.41, 5.74) is 3.47. The molecule has 1 atom stereocenters. The molecule has 0 unspecified atom stereocenters. The second-order valence-corrected chi connectivity index (χ2v) is 6.72. The highest BCUT2D eigenvalue weighted by molar-refractivity contribution is 5.77. The van der Waals surface area contributed by atoms with Gasteiger partial charge in [0.25, 0.3) is 0 Å². The van der Waals surface area contributed by atoms with Gasteiger partial charge in [-0.1, -0.05) is 0 Å². The van der Waals surface area contributed by atoms with Crippen LogP contribution in [0.5, 0.6) is 0 Å². The van der Waals surface area contributed by atoms with Crippen LogP contribution in [-0.2, 0) is 18.4 Å². The molecule has 0 spiro atoms. The Kier molecular flexibility index (Phi) is 4.73. The van der Waals surface area contributed by atoms with Crippen LogP contribution >= 0.6 is 0 Å². The summed E-state index contributed by atoms with van der Waals surface area (Å²) in [5.74, 6) is 1.26. The molecule has 1 fully saturated rings. The molecule has 1 aliphatic heterocycles. The van der Waals surface area contributed by atoms with E-state index in [1.165, 1.54) is 11.3 Å². The molecule has 1 aliphatic rings. The first-order valence-corrected chi connectivity index (χ1v) is 8.76.